The number of rotatable bonds is 2. The fourth-order valence-electron chi connectivity index (χ4n) is 2.65. The number of piperidine rings is 1. The maximum atomic E-state index is 13.9. The van der Waals surface area contributed by atoms with E-state index in [1.165, 1.54) is 12.1 Å². The number of hydrogen-bond acceptors (Lipinski definition) is 2. The second-order valence-electron chi connectivity index (χ2n) is 5.11. The van der Waals surface area contributed by atoms with E-state index in [4.69, 9.17) is 0 Å². The molecule has 0 aromatic heterocycles. The SMILES string of the molecule is CNC1CCN(c2cc(F)c(C)cc2F)C(C)C1. The molecule has 1 heterocycles. The number of nitrogens with one attached hydrogen (secondary N) is 1. The molecule has 1 aromatic carbocycles. The Morgan fingerprint density at radius 3 is 2.61 bits per heavy atom. The highest BCUT2D eigenvalue weighted by Crippen LogP contribution is 2.29. The van der Waals surface area contributed by atoms with Gasteiger partial charge in [0.05, 0.1) is 5.69 Å². The Balaban J connectivity index is 2.24. The maximum absolute atomic E-state index is 13.9. The Morgan fingerprint density at radius 1 is 1.28 bits per heavy atom. The van der Waals surface area contributed by atoms with Crippen LogP contribution < -0.4 is 10.2 Å². The number of benzene rings is 1. The van der Waals surface area contributed by atoms with Crippen molar-refractivity contribution in [1.82, 2.24) is 5.32 Å². The highest BCUT2D eigenvalue weighted by Gasteiger charge is 2.26. The summed E-state index contributed by atoms with van der Waals surface area (Å²) >= 11 is 0. The zero-order chi connectivity index (χ0) is 13.3. The zero-order valence-corrected chi connectivity index (χ0v) is 11.1. The van der Waals surface area contributed by atoms with Crippen molar-refractivity contribution >= 4 is 5.69 Å². The van der Waals surface area contributed by atoms with E-state index in [1.807, 2.05) is 11.9 Å². The Morgan fingerprint density at radius 2 is 2.00 bits per heavy atom. The number of aryl methyl sites for hydroxylation is 1. The van der Waals surface area contributed by atoms with Gasteiger partial charge in [0.1, 0.15) is 11.6 Å². The van der Waals surface area contributed by atoms with Gasteiger partial charge in [0.2, 0.25) is 0 Å². The van der Waals surface area contributed by atoms with Crippen LogP contribution in [0.4, 0.5) is 14.5 Å². The molecule has 2 nitrogen and oxygen atoms in total. The van der Waals surface area contributed by atoms with E-state index in [9.17, 15) is 8.78 Å². The van der Waals surface area contributed by atoms with E-state index in [-0.39, 0.29) is 17.7 Å². The van der Waals surface area contributed by atoms with Crippen LogP contribution in [0.2, 0.25) is 0 Å². The lowest BCUT2D eigenvalue weighted by Crippen LogP contribution is -2.47. The van der Waals surface area contributed by atoms with Crippen molar-refractivity contribution in [1.29, 1.82) is 0 Å². The molecule has 1 saturated heterocycles. The first-order valence-electron chi connectivity index (χ1n) is 6.42. The highest BCUT2D eigenvalue weighted by molar-refractivity contribution is 5.51. The summed E-state index contributed by atoms with van der Waals surface area (Å²) < 4.78 is 27.5. The summed E-state index contributed by atoms with van der Waals surface area (Å²) in [5, 5.41) is 3.25. The fourth-order valence-corrected chi connectivity index (χ4v) is 2.65. The molecule has 2 unspecified atom stereocenters. The highest BCUT2D eigenvalue weighted by atomic mass is 19.1. The monoisotopic (exact) mass is 254 g/mol. The molecular formula is C14H20F2N2. The smallest absolute Gasteiger partial charge is 0.146 e. The molecule has 1 fully saturated rings. The lowest BCUT2D eigenvalue weighted by atomic mass is 9.97. The van der Waals surface area contributed by atoms with Crippen molar-refractivity contribution in [2.24, 2.45) is 0 Å². The van der Waals surface area contributed by atoms with Gasteiger partial charge in [0.15, 0.2) is 0 Å². The second-order valence-corrected chi connectivity index (χ2v) is 5.11. The van der Waals surface area contributed by atoms with Crippen molar-refractivity contribution in [3.63, 3.8) is 0 Å². The Kier molecular flexibility index (Phi) is 3.85. The van der Waals surface area contributed by atoms with Crippen LogP contribution in [0.25, 0.3) is 0 Å². The molecule has 2 rings (SSSR count). The van der Waals surface area contributed by atoms with Gasteiger partial charge in [-0.15, -0.1) is 0 Å². The summed E-state index contributed by atoms with van der Waals surface area (Å²) in [4.78, 5) is 1.96. The lowest BCUT2D eigenvalue weighted by Gasteiger charge is -2.39. The average molecular weight is 254 g/mol. The molecule has 0 amide bonds. The molecule has 0 spiro atoms. The van der Waals surface area contributed by atoms with E-state index < -0.39 is 0 Å². The molecule has 1 aliphatic heterocycles. The Bertz CT molecular complexity index is 434. The first-order chi connectivity index (χ1) is 8.52. The van der Waals surface area contributed by atoms with Gasteiger partial charge in [-0.1, -0.05) is 0 Å². The van der Waals surface area contributed by atoms with Crippen LogP contribution in [-0.4, -0.2) is 25.7 Å². The molecule has 0 radical (unpaired) electrons. The molecule has 100 valence electrons. The van der Waals surface area contributed by atoms with Crippen molar-refractivity contribution in [3.8, 4) is 0 Å². The third kappa shape index (κ3) is 2.48. The molecule has 4 heteroatoms. The summed E-state index contributed by atoms with van der Waals surface area (Å²) in [6.07, 6.45) is 1.90. The van der Waals surface area contributed by atoms with Gasteiger partial charge in [0.25, 0.3) is 0 Å². The number of nitrogens with zero attached hydrogens (tertiary/aromatic N) is 1. The summed E-state index contributed by atoms with van der Waals surface area (Å²) in [7, 11) is 1.94. The third-order valence-electron chi connectivity index (χ3n) is 3.82. The van der Waals surface area contributed by atoms with Crippen molar-refractivity contribution in [3.05, 3.63) is 29.3 Å². The fraction of sp³-hybridized carbons (Fsp3) is 0.571. The van der Waals surface area contributed by atoms with Crippen LogP contribution in [0.1, 0.15) is 25.3 Å². The minimum absolute atomic E-state index is 0.216. The Hall–Kier alpha value is -1.16. The van der Waals surface area contributed by atoms with E-state index in [1.54, 1.807) is 6.92 Å². The van der Waals surface area contributed by atoms with Gasteiger partial charge < -0.3 is 10.2 Å². The lowest BCUT2D eigenvalue weighted by molar-refractivity contribution is 0.383. The summed E-state index contributed by atoms with van der Waals surface area (Å²) in [5.74, 6) is -0.669. The first-order valence-corrected chi connectivity index (χ1v) is 6.42. The quantitative estimate of drug-likeness (QED) is 0.873. The second kappa shape index (κ2) is 5.22. The van der Waals surface area contributed by atoms with Crippen molar-refractivity contribution < 1.29 is 8.78 Å². The first kappa shape index (κ1) is 13.3. The summed E-state index contributed by atoms with van der Waals surface area (Å²) in [5.41, 5.74) is 0.745. The van der Waals surface area contributed by atoms with E-state index in [0.29, 0.717) is 17.3 Å². The molecule has 1 aliphatic rings. The number of anilines is 1. The third-order valence-corrected chi connectivity index (χ3v) is 3.82. The molecule has 0 bridgehead atoms. The van der Waals surface area contributed by atoms with Crippen LogP contribution in [0.3, 0.4) is 0 Å². The minimum Gasteiger partial charge on any atom is -0.366 e. The predicted molar refractivity (Wildman–Crippen MR) is 70.0 cm³/mol. The van der Waals surface area contributed by atoms with E-state index in [2.05, 4.69) is 12.2 Å². The number of halogens is 2. The van der Waals surface area contributed by atoms with Crippen LogP contribution in [-0.2, 0) is 0 Å². The van der Waals surface area contributed by atoms with Gasteiger partial charge in [-0.2, -0.15) is 0 Å². The van der Waals surface area contributed by atoms with Gasteiger partial charge >= 0.3 is 0 Å². The van der Waals surface area contributed by atoms with Gasteiger partial charge in [-0.3, -0.25) is 0 Å². The van der Waals surface area contributed by atoms with E-state index in [0.717, 1.165) is 19.4 Å². The standard InChI is InChI=1S/C14H20F2N2/c1-9-6-13(16)14(8-12(9)15)18-5-4-11(17-3)7-10(18)2/h6,8,10-11,17H,4-5,7H2,1-3H3. The molecular weight excluding hydrogens is 234 g/mol. The van der Waals surface area contributed by atoms with Crippen molar-refractivity contribution in [2.75, 3.05) is 18.5 Å². The number of hydrogen-bond donors (Lipinski definition) is 1. The zero-order valence-electron chi connectivity index (χ0n) is 11.1. The van der Waals surface area contributed by atoms with E-state index >= 15 is 0 Å². The average Bonchev–Trinajstić information content (AvgIpc) is 2.34. The van der Waals surface area contributed by atoms with Gasteiger partial charge in [-0.05, 0) is 45.4 Å². The summed E-state index contributed by atoms with van der Waals surface area (Å²) in [6, 6.07) is 3.28. The van der Waals surface area contributed by atoms with Crippen LogP contribution in [0.5, 0.6) is 0 Å². The van der Waals surface area contributed by atoms with Crippen LogP contribution in [0.15, 0.2) is 12.1 Å². The summed E-state index contributed by atoms with van der Waals surface area (Å²) in [6.45, 7) is 4.39. The van der Waals surface area contributed by atoms with Gasteiger partial charge in [0, 0.05) is 24.7 Å². The van der Waals surface area contributed by atoms with Crippen molar-refractivity contribution in [2.45, 2.75) is 38.8 Å². The minimum atomic E-state index is -0.339. The Labute approximate surface area is 107 Å². The predicted octanol–water partition coefficient (Wildman–Crippen LogP) is 2.85. The molecule has 0 aliphatic carbocycles. The normalized spacial score (nSPS) is 24.4. The van der Waals surface area contributed by atoms with Crippen LogP contribution >= 0.6 is 0 Å². The van der Waals surface area contributed by atoms with Crippen LogP contribution in [0, 0.1) is 18.6 Å². The molecule has 0 saturated carbocycles. The molecule has 1 aromatic rings. The largest absolute Gasteiger partial charge is 0.366 e. The molecule has 2 atom stereocenters. The maximum Gasteiger partial charge on any atom is 0.146 e. The topological polar surface area (TPSA) is 15.3 Å². The molecule has 18 heavy (non-hydrogen) atoms. The molecule has 1 N–H and O–H groups in total. The van der Waals surface area contributed by atoms with Gasteiger partial charge in [-0.25, -0.2) is 8.78 Å².